The van der Waals surface area contributed by atoms with Gasteiger partial charge in [-0.25, -0.2) is 9.37 Å². The first kappa shape index (κ1) is 14.4. The number of carbonyl (C=O) groups excluding carboxylic acids is 1. The Morgan fingerprint density at radius 2 is 2.33 bits per heavy atom. The van der Waals surface area contributed by atoms with Gasteiger partial charge in [-0.05, 0) is 19.9 Å². The topological polar surface area (TPSA) is 63.2 Å². The zero-order valence-electron chi connectivity index (χ0n) is 10.8. The van der Waals surface area contributed by atoms with Crippen molar-refractivity contribution in [2.45, 2.75) is 20.0 Å². The van der Waals surface area contributed by atoms with Gasteiger partial charge in [0.2, 0.25) is 0 Å². The summed E-state index contributed by atoms with van der Waals surface area (Å²) >= 11 is 0. The molecule has 0 saturated heterocycles. The molecule has 5 nitrogen and oxygen atoms in total. The fourth-order valence-corrected chi connectivity index (χ4v) is 1.49. The van der Waals surface area contributed by atoms with E-state index in [2.05, 4.69) is 15.6 Å². The van der Waals surface area contributed by atoms with Crippen LogP contribution in [0.25, 0.3) is 0 Å². The molecule has 0 saturated carbocycles. The monoisotopic (exact) mass is 255 g/mol. The number of anilines is 1. The molecule has 1 amide bonds. The van der Waals surface area contributed by atoms with Crippen molar-refractivity contribution in [1.29, 1.82) is 0 Å². The van der Waals surface area contributed by atoms with Gasteiger partial charge in [0.15, 0.2) is 0 Å². The Labute approximate surface area is 106 Å². The maximum atomic E-state index is 13.1. The highest BCUT2D eigenvalue weighted by Crippen LogP contribution is 2.12. The molecule has 6 heteroatoms. The van der Waals surface area contributed by atoms with Gasteiger partial charge >= 0.3 is 0 Å². The minimum absolute atomic E-state index is 0.0847. The van der Waals surface area contributed by atoms with Crippen LogP contribution in [0.5, 0.6) is 0 Å². The molecule has 1 aromatic heterocycles. The summed E-state index contributed by atoms with van der Waals surface area (Å²) in [7, 11) is 1.62. The molecule has 0 aliphatic rings. The number of hydrogen-bond donors (Lipinski definition) is 2. The van der Waals surface area contributed by atoms with Crippen LogP contribution in [0.1, 0.15) is 24.2 Å². The van der Waals surface area contributed by atoms with E-state index in [-0.39, 0.29) is 17.6 Å². The van der Waals surface area contributed by atoms with Crippen molar-refractivity contribution in [3.63, 3.8) is 0 Å². The molecule has 1 heterocycles. The molecule has 2 N–H and O–H groups in total. The number of halogens is 1. The Kier molecular flexibility index (Phi) is 5.51. The van der Waals surface area contributed by atoms with Crippen LogP contribution in [0.3, 0.4) is 0 Å². The first-order valence-corrected chi connectivity index (χ1v) is 5.81. The van der Waals surface area contributed by atoms with E-state index in [1.807, 2.05) is 13.8 Å². The smallest absolute Gasteiger partial charge is 0.255 e. The third-order valence-electron chi connectivity index (χ3n) is 2.34. The second kappa shape index (κ2) is 6.90. The maximum Gasteiger partial charge on any atom is 0.255 e. The molecule has 0 radical (unpaired) electrons. The van der Waals surface area contributed by atoms with Gasteiger partial charge in [-0.1, -0.05) is 0 Å². The van der Waals surface area contributed by atoms with Crippen LogP contribution in [0.2, 0.25) is 0 Å². The van der Waals surface area contributed by atoms with Gasteiger partial charge in [0.25, 0.3) is 5.91 Å². The number of rotatable bonds is 6. The second-order valence-corrected chi connectivity index (χ2v) is 3.78. The molecule has 1 rings (SSSR count). The molecule has 0 aliphatic heterocycles. The van der Waals surface area contributed by atoms with E-state index >= 15 is 0 Å². The lowest BCUT2D eigenvalue weighted by Gasteiger charge is -2.13. The zero-order chi connectivity index (χ0) is 13.5. The predicted molar refractivity (Wildman–Crippen MR) is 67.2 cm³/mol. The van der Waals surface area contributed by atoms with Gasteiger partial charge in [0.1, 0.15) is 11.6 Å². The Hall–Kier alpha value is -1.69. The molecular formula is C12H18FN3O2. The third kappa shape index (κ3) is 3.96. The SMILES string of the molecule is CCOC(C)CNC(=O)c1cc(F)cnc1NC. The fraction of sp³-hybridized carbons (Fsp3) is 0.500. The molecule has 100 valence electrons. The number of carbonyl (C=O) groups is 1. The van der Waals surface area contributed by atoms with Crippen molar-refractivity contribution in [2.75, 3.05) is 25.5 Å². The molecule has 1 atom stereocenters. The quantitative estimate of drug-likeness (QED) is 0.807. The van der Waals surface area contributed by atoms with Gasteiger partial charge in [0, 0.05) is 20.2 Å². The van der Waals surface area contributed by atoms with Gasteiger partial charge in [-0.15, -0.1) is 0 Å². The zero-order valence-corrected chi connectivity index (χ0v) is 10.8. The minimum Gasteiger partial charge on any atom is -0.377 e. The Bertz CT molecular complexity index is 412. The number of aromatic nitrogens is 1. The van der Waals surface area contributed by atoms with Crippen molar-refractivity contribution in [2.24, 2.45) is 0 Å². The van der Waals surface area contributed by atoms with Gasteiger partial charge in [-0.3, -0.25) is 4.79 Å². The lowest BCUT2D eigenvalue weighted by atomic mass is 10.2. The number of ether oxygens (including phenoxy) is 1. The van der Waals surface area contributed by atoms with Crippen molar-refractivity contribution in [3.05, 3.63) is 23.6 Å². The highest BCUT2D eigenvalue weighted by Gasteiger charge is 2.14. The van der Waals surface area contributed by atoms with Gasteiger partial charge in [-0.2, -0.15) is 0 Å². The highest BCUT2D eigenvalue weighted by atomic mass is 19.1. The van der Waals surface area contributed by atoms with Gasteiger partial charge in [0.05, 0.1) is 17.9 Å². The summed E-state index contributed by atoms with van der Waals surface area (Å²) in [5, 5.41) is 5.42. The number of pyridine rings is 1. The molecule has 1 aromatic rings. The fourth-order valence-electron chi connectivity index (χ4n) is 1.49. The minimum atomic E-state index is -0.544. The van der Waals surface area contributed by atoms with Crippen LogP contribution in [-0.4, -0.2) is 37.2 Å². The molecular weight excluding hydrogens is 237 g/mol. The van der Waals surface area contributed by atoms with E-state index < -0.39 is 5.82 Å². The highest BCUT2D eigenvalue weighted by molar-refractivity contribution is 5.98. The lowest BCUT2D eigenvalue weighted by Crippen LogP contribution is -2.32. The lowest BCUT2D eigenvalue weighted by molar-refractivity contribution is 0.0695. The van der Waals surface area contributed by atoms with E-state index in [9.17, 15) is 9.18 Å². The molecule has 0 aromatic carbocycles. The summed E-state index contributed by atoms with van der Waals surface area (Å²) < 4.78 is 18.4. The summed E-state index contributed by atoms with van der Waals surface area (Å²) in [6, 6.07) is 1.15. The molecule has 18 heavy (non-hydrogen) atoms. The Balaban J connectivity index is 2.68. The van der Waals surface area contributed by atoms with E-state index in [1.54, 1.807) is 7.05 Å². The molecule has 0 aliphatic carbocycles. The average Bonchev–Trinajstić information content (AvgIpc) is 2.36. The van der Waals surface area contributed by atoms with E-state index in [4.69, 9.17) is 4.74 Å². The first-order valence-electron chi connectivity index (χ1n) is 5.81. The Morgan fingerprint density at radius 1 is 1.61 bits per heavy atom. The Morgan fingerprint density at radius 3 is 2.94 bits per heavy atom. The average molecular weight is 255 g/mol. The third-order valence-corrected chi connectivity index (χ3v) is 2.34. The molecule has 0 fully saturated rings. The van der Waals surface area contributed by atoms with Crippen LogP contribution in [0, 0.1) is 5.82 Å². The summed E-state index contributed by atoms with van der Waals surface area (Å²) in [5.41, 5.74) is 0.182. The van der Waals surface area contributed by atoms with E-state index in [0.717, 1.165) is 12.3 Å². The van der Waals surface area contributed by atoms with Crippen molar-refractivity contribution < 1.29 is 13.9 Å². The van der Waals surface area contributed by atoms with Crippen molar-refractivity contribution >= 4 is 11.7 Å². The summed E-state index contributed by atoms with van der Waals surface area (Å²) in [6.07, 6.45) is 0.976. The van der Waals surface area contributed by atoms with Crippen LogP contribution >= 0.6 is 0 Å². The molecule has 1 unspecified atom stereocenters. The van der Waals surface area contributed by atoms with Gasteiger partial charge < -0.3 is 15.4 Å². The van der Waals surface area contributed by atoms with Crippen LogP contribution in [-0.2, 0) is 4.74 Å². The maximum absolute atomic E-state index is 13.1. The standard InChI is InChI=1S/C12H18FN3O2/c1-4-18-8(2)6-16-12(17)10-5-9(13)7-15-11(10)14-3/h5,7-8H,4,6H2,1-3H3,(H,14,15)(H,16,17). The van der Waals surface area contributed by atoms with Crippen LogP contribution in [0.15, 0.2) is 12.3 Å². The van der Waals surface area contributed by atoms with E-state index in [0.29, 0.717) is 19.0 Å². The molecule has 0 bridgehead atoms. The van der Waals surface area contributed by atoms with E-state index in [1.165, 1.54) is 0 Å². The number of nitrogens with zero attached hydrogens (tertiary/aromatic N) is 1. The predicted octanol–water partition coefficient (Wildman–Crippen LogP) is 1.42. The van der Waals surface area contributed by atoms with Crippen molar-refractivity contribution in [3.8, 4) is 0 Å². The second-order valence-electron chi connectivity index (χ2n) is 3.78. The summed E-state index contributed by atoms with van der Waals surface area (Å²) in [5.74, 6) is -0.576. The number of amides is 1. The summed E-state index contributed by atoms with van der Waals surface area (Å²) in [6.45, 7) is 4.69. The largest absolute Gasteiger partial charge is 0.377 e. The normalized spacial score (nSPS) is 12.0. The van der Waals surface area contributed by atoms with Crippen LogP contribution < -0.4 is 10.6 Å². The molecule has 0 spiro atoms. The first-order chi connectivity index (χ1) is 8.58. The van der Waals surface area contributed by atoms with Crippen molar-refractivity contribution in [1.82, 2.24) is 10.3 Å². The number of hydrogen-bond acceptors (Lipinski definition) is 4. The van der Waals surface area contributed by atoms with Crippen LogP contribution in [0.4, 0.5) is 10.2 Å². The number of nitrogens with one attached hydrogen (secondary N) is 2. The summed E-state index contributed by atoms with van der Waals surface area (Å²) in [4.78, 5) is 15.7.